The Hall–Kier alpha value is -2.57. The van der Waals surface area contributed by atoms with Crippen molar-refractivity contribution >= 4 is 18.0 Å². The zero-order chi connectivity index (χ0) is 15.8. The van der Waals surface area contributed by atoms with Gasteiger partial charge in [-0.15, -0.1) is 0 Å². The van der Waals surface area contributed by atoms with Gasteiger partial charge in [0.1, 0.15) is 6.61 Å². The summed E-state index contributed by atoms with van der Waals surface area (Å²) in [6.07, 6.45) is 0.253. The molecule has 0 aliphatic heterocycles. The van der Waals surface area contributed by atoms with E-state index in [9.17, 15) is 14.4 Å². The van der Waals surface area contributed by atoms with Crippen molar-refractivity contribution in [2.45, 2.75) is 25.9 Å². The van der Waals surface area contributed by atoms with Gasteiger partial charge in [0.2, 0.25) is 5.91 Å². The highest BCUT2D eigenvalue weighted by atomic mass is 16.6. The number of rotatable bonds is 4. The number of amides is 2. The Morgan fingerprint density at radius 3 is 2.27 bits per heavy atom. The van der Waals surface area contributed by atoms with Crippen LogP contribution in [0.3, 0.4) is 0 Å². The third kappa shape index (κ3) is 2.28. The van der Waals surface area contributed by atoms with Crippen LogP contribution in [0.5, 0.6) is 0 Å². The summed E-state index contributed by atoms with van der Waals surface area (Å²) in [5.74, 6) is -1.20. The molecular formula is C15H16N2O5. The van der Waals surface area contributed by atoms with E-state index in [1.165, 1.54) is 0 Å². The maximum absolute atomic E-state index is 12.0. The van der Waals surface area contributed by atoms with Gasteiger partial charge in [0.15, 0.2) is 0 Å². The molecule has 2 bridgehead atoms. The van der Waals surface area contributed by atoms with E-state index in [2.05, 4.69) is 10.9 Å². The Morgan fingerprint density at radius 2 is 1.68 bits per heavy atom. The van der Waals surface area contributed by atoms with E-state index in [0.29, 0.717) is 19.3 Å². The minimum Gasteiger partial charge on any atom is -0.481 e. The number of ether oxygens (including phenoxy) is 1. The zero-order valence-corrected chi connectivity index (χ0v) is 11.8. The van der Waals surface area contributed by atoms with Gasteiger partial charge in [0.25, 0.3) is 0 Å². The van der Waals surface area contributed by atoms with Crippen LogP contribution in [0.1, 0.15) is 24.8 Å². The van der Waals surface area contributed by atoms with E-state index in [-0.39, 0.29) is 12.5 Å². The normalized spacial score (nSPS) is 27.8. The molecule has 0 atom stereocenters. The Kier molecular flexibility index (Phi) is 3.27. The van der Waals surface area contributed by atoms with Crippen LogP contribution in [0.2, 0.25) is 0 Å². The smallest absolute Gasteiger partial charge is 0.426 e. The molecule has 22 heavy (non-hydrogen) atoms. The summed E-state index contributed by atoms with van der Waals surface area (Å²) >= 11 is 0. The van der Waals surface area contributed by atoms with E-state index >= 15 is 0 Å². The number of carbonyl (C=O) groups excluding carboxylic acids is 2. The first kappa shape index (κ1) is 14.4. The van der Waals surface area contributed by atoms with E-state index in [1.807, 2.05) is 30.3 Å². The molecule has 4 rings (SSSR count). The van der Waals surface area contributed by atoms with Gasteiger partial charge in [-0.2, -0.15) is 0 Å². The number of aliphatic carboxylic acids is 1. The highest BCUT2D eigenvalue weighted by Gasteiger charge is 2.75. The van der Waals surface area contributed by atoms with Crippen molar-refractivity contribution in [3.63, 3.8) is 0 Å². The lowest BCUT2D eigenvalue weighted by Crippen LogP contribution is -2.71. The molecule has 3 N–H and O–H groups in total. The molecule has 0 radical (unpaired) electrons. The summed E-state index contributed by atoms with van der Waals surface area (Å²) < 4.78 is 4.95. The molecule has 0 spiro atoms. The van der Waals surface area contributed by atoms with Crippen LogP contribution in [0.4, 0.5) is 4.79 Å². The standard InChI is InChI=1S/C15H16N2O5/c18-11(14-7-15(8-14,9-14)12(19)20)16-17-13(21)22-6-10-4-2-1-3-5-10/h1-5H,6-9H2,(H,16,18)(H,17,21)(H,19,20). The third-order valence-corrected chi connectivity index (χ3v) is 4.46. The molecule has 7 heteroatoms. The lowest BCUT2D eigenvalue weighted by Gasteiger charge is -2.66. The Balaban J connectivity index is 1.39. The van der Waals surface area contributed by atoms with Crippen molar-refractivity contribution in [2.24, 2.45) is 10.8 Å². The predicted molar refractivity (Wildman–Crippen MR) is 74.3 cm³/mol. The summed E-state index contributed by atoms with van der Waals surface area (Å²) in [7, 11) is 0. The topological polar surface area (TPSA) is 105 Å². The lowest BCUT2D eigenvalue weighted by molar-refractivity contribution is -0.220. The first-order valence-corrected chi connectivity index (χ1v) is 6.96. The highest BCUT2D eigenvalue weighted by molar-refractivity contribution is 5.93. The van der Waals surface area contributed by atoms with Gasteiger partial charge in [0.05, 0.1) is 10.8 Å². The Morgan fingerprint density at radius 1 is 1.05 bits per heavy atom. The Labute approximate surface area is 126 Å². The average molecular weight is 304 g/mol. The van der Waals surface area contributed by atoms with E-state index in [4.69, 9.17) is 9.84 Å². The number of hydrazine groups is 1. The molecule has 0 aromatic heterocycles. The third-order valence-electron chi connectivity index (χ3n) is 4.46. The number of carbonyl (C=O) groups is 3. The van der Waals surface area contributed by atoms with Crippen LogP contribution in [0.25, 0.3) is 0 Å². The highest BCUT2D eigenvalue weighted by Crippen LogP contribution is 2.73. The van der Waals surface area contributed by atoms with Crippen molar-refractivity contribution in [3.05, 3.63) is 35.9 Å². The van der Waals surface area contributed by atoms with Crippen LogP contribution in [0, 0.1) is 10.8 Å². The molecule has 0 saturated heterocycles. The Bertz CT molecular complexity index is 608. The summed E-state index contributed by atoms with van der Waals surface area (Å²) in [5.41, 5.74) is 3.97. The van der Waals surface area contributed by atoms with Crippen LogP contribution >= 0.6 is 0 Å². The molecule has 3 saturated carbocycles. The molecule has 1 aromatic rings. The number of hydrogen-bond acceptors (Lipinski definition) is 4. The molecule has 0 unspecified atom stereocenters. The van der Waals surface area contributed by atoms with Gasteiger partial charge in [-0.1, -0.05) is 30.3 Å². The fourth-order valence-electron chi connectivity index (χ4n) is 3.26. The van der Waals surface area contributed by atoms with E-state index in [0.717, 1.165) is 5.56 Å². The van der Waals surface area contributed by atoms with E-state index in [1.54, 1.807) is 0 Å². The molecule has 2 amide bonds. The van der Waals surface area contributed by atoms with Crippen molar-refractivity contribution in [1.29, 1.82) is 0 Å². The molecular weight excluding hydrogens is 288 g/mol. The summed E-state index contributed by atoms with van der Waals surface area (Å²) in [5, 5.41) is 9.00. The van der Waals surface area contributed by atoms with Crippen LogP contribution in [-0.2, 0) is 20.9 Å². The lowest BCUT2D eigenvalue weighted by atomic mass is 9.35. The summed E-state index contributed by atoms with van der Waals surface area (Å²) in [6.45, 7) is 0.107. The van der Waals surface area contributed by atoms with Crippen molar-refractivity contribution < 1.29 is 24.2 Å². The quantitative estimate of drug-likeness (QED) is 0.725. The number of carboxylic acids is 1. The summed E-state index contributed by atoms with van der Waals surface area (Å²) in [6, 6.07) is 9.16. The van der Waals surface area contributed by atoms with Crippen LogP contribution in [-0.4, -0.2) is 23.1 Å². The predicted octanol–water partition coefficient (Wildman–Crippen LogP) is 1.20. The second-order valence-corrected chi connectivity index (χ2v) is 6.04. The molecule has 0 heterocycles. The minimum absolute atomic E-state index is 0.107. The number of benzene rings is 1. The fourth-order valence-corrected chi connectivity index (χ4v) is 3.26. The van der Waals surface area contributed by atoms with Gasteiger partial charge in [-0.05, 0) is 24.8 Å². The number of nitrogens with one attached hydrogen (secondary N) is 2. The number of carboxylic acid groups (broad SMARTS) is 1. The average Bonchev–Trinajstić information content (AvgIpc) is 2.40. The minimum atomic E-state index is -0.850. The van der Waals surface area contributed by atoms with E-state index < -0.39 is 22.9 Å². The second-order valence-electron chi connectivity index (χ2n) is 6.04. The van der Waals surface area contributed by atoms with Gasteiger partial charge in [0, 0.05) is 0 Å². The molecule has 3 fully saturated rings. The zero-order valence-electron chi connectivity index (χ0n) is 11.8. The first-order chi connectivity index (χ1) is 10.5. The molecule has 3 aliphatic rings. The van der Waals surface area contributed by atoms with Crippen LogP contribution < -0.4 is 10.9 Å². The monoisotopic (exact) mass is 304 g/mol. The van der Waals surface area contributed by atoms with Crippen LogP contribution in [0.15, 0.2) is 30.3 Å². The van der Waals surface area contributed by atoms with Gasteiger partial charge in [-0.25, -0.2) is 10.2 Å². The molecule has 7 nitrogen and oxygen atoms in total. The fraction of sp³-hybridized carbons (Fsp3) is 0.400. The summed E-state index contributed by atoms with van der Waals surface area (Å²) in [4.78, 5) is 34.4. The van der Waals surface area contributed by atoms with Crippen molar-refractivity contribution in [1.82, 2.24) is 10.9 Å². The largest absolute Gasteiger partial charge is 0.481 e. The van der Waals surface area contributed by atoms with Crippen molar-refractivity contribution in [2.75, 3.05) is 0 Å². The molecule has 1 aromatic carbocycles. The van der Waals surface area contributed by atoms with Crippen molar-refractivity contribution in [3.8, 4) is 0 Å². The number of hydrogen-bond donors (Lipinski definition) is 3. The molecule has 116 valence electrons. The first-order valence-electron chi connectivity index (χ1n) is 6.96. The van der Waals surface area contributed by atoms with Gasteiger partial charge in [-0.3, -0.25) is 15.0 Å². The van der Waals surface area contributed by atoms with Gasteiger partial charge >= 0.3 is 12.1 Å². The van der Waals surface area contributed by atoms with Gasteiger partial charge < -0.3 is 9.84 Å². The second kappa shape index (κ2) is 5.01. The molecule has 3 aliphatic carbocycles. The maximum atomic E-state index is 12.0. The SMILES string of the molecule is O=C(NNC(=O)C12CC(C(=O)O)(C1)C2)OCc1ccccc1. The maximum Gasteiger partial charge on any atom is 0.426 e.